The molecule has 1 saturated heterocycles. The van der Waals surface area contributed by atoms with Crippen molar-refractivity contribution in [3.05, 3.63) is 0 Å². The standard InChI is InChI=1S/C14H24N2OS/c1-14(2)8-16(5-6-18-14)13(17)11-9-3-4-10(7-9)12(11)15/h9-12H,3-8,15H2,1-2H3. The smallest absolute Gasteiger partial charge is 0.227 e. The Labute approximate surface area is 114 Å². The number of nitrogens with zero attached hydrogens (tertiary/aromatic N) is 1. The Morgan fingerprint density at radius 3 is 2.67 bits per heavy atom. The van der Waals surface area contributed by atoms with Gasteiger partial charge in [0.05, 0.1) is 5.92 Å². The highest BCUT2D eigenvalue weighted by Crippen LogP contribution is 2.48. The molecule has 3 rings (SSSR count). The molecular formula is C14H24N2OS. The Hall–Kier alpha value is -0.220. The molecule has 2 bridgehead atoms. The molecule has 0 aromatic rings. The molecule has 3 nitrogen and oxygen atoms in total. The molecule has 4 unspecified atom stereocenters. The topological polar surface area (TPSA) is 46.3 Å². The van der Waals surface area contributed by atoms with Crippen molar-refractivity contribution in [2.24, 2.45) is 23.5 Å². The summed E-state index contributed by atoms with van der Waals surface area (Å²) >= 11 is 1.98. The molecule has 0 aromatic heterocycles. The lowest BCUT2D eigenvalue weighted by atomic mass is 9.84. The fraction of sp³-hybridized carbons (Fsp3) is 0.929. The van der Waals surface area contributed by atoms with E-state index in [-0.39, 0.29) is 16.7 Å². The van der Waals surface area contributed by atoms with Crippen LogP contribution in [-0.2, 0) is 4.79 Å². The molecular weight excluding hydrogens is 244 g/mol. The van der Waals surface area contributed by atoms with E-state index in [1.54, 1.807) is 0 Å². The maximum absolute atomic E-state index is 12.7. The van der Waals surface area contributed by atoms with Gasteiger partial charge in [0, 0.05) is 29.6 Å². The number of rotatable bonds is 1. The number of carbonyl (C=O) groups is 1. The first kappa shape index (κ1) is 12.8. The highest BCUT2D eigenvalue weighted by atomic mass is 32.2. The highest BCUT2D eigenvalue weighted by molar-refractivity contribution is 8.00. The van der Waals surface area contributed by atoms with E-state index in [1.807, 2.05) is 11.8 Å². The zero-order valence-corrected chi connectivity index (χ0v) is 12.2. The first-order valence-corrected chi connectivity index (χ1v) is 8.15. The molecule has 102 valence electrons. The summed E-state index contributed by atoms with van der Waals surface area (Å²) in [5.74, 6) is 2.74. The third-order valence-corrected chi connectivity index (χ3v) is 6.30. The first-order chi connectivity index (χ1) is 8.48. The summed E-state index contributed by atoms with van der Waals surface area (Å²) in [4.78, 5) is 14.8. The second-order valence-corrected chi connectivity index (χ2v) is 8.61. The number of hydrogen-bond donors (Lipinski definition) is 1. The Balaban J connectivity index is 1.71. The van der Waals surface area contributed by atoms with E-state index in [0.717, 1.165) is 18.8 Å². The average Bonchev–Trinajstić information content (AvgIpc) is 2.87. The Morgan fingerprint density at radius 1 is 1.33 bits per heavy atom. The maximum atomic E-state index is 12.7. The van der Waals surface area contributed by atoms with Crippen molar-refractivity contribution in [2.75, 3.05) is 18.8 Å². The predicted molar refractivity (Wildman–Crippen MR) is 75.4 cm³/mol. The van der Waals surface area contributed by atoms with Crippen LogP contribution in [0.3, 0.4) is 0 Å². The summed E-state index contributed by atoms with van der Waals surface area (Å²) in [7, 11) is 0. The average molecular weight is 268 g/mol. The van der Waals surface area contributed by atoms with Crippen molar-refractivity contribution >= 4 is 17.7 Å². The Morgan fingerprint density at radius 2 is 2.06 bits per heavy atom. The number of thioether (sulfide) groups is 1. The van der Waals surface area contributed by atoms with Crippen LogP contribution in [0.5, 0.6) is 0 Å². The normalized spacial score (nSPS) is 42.3. The minimum Gasteiger partial charge on any atom is -0.340 e. The van der Waals surface area contributed by atoms with Gasteiger partial charge in [-0.15, -0.1) is 0 Å². The molecule has 2 saturated carbocycles. The molecule has 3 aliphatic rings. The van der Waals surface area contributed by atoms with Gasteiger partial charge in [0.25, 0.3) is 0 Å². The summed E-state index contributed by atoms with van der Waals surface area (Å²) in [6.07, 6.45) is 3.67. The second kappa shape index (κ2) is 4.41. The quantitative estimate of drug-likeness (QED) is 0.787. The fourth-order valence-corrected chi connectivity index (χ4v) is 5.23. The summed E-state index contributed by atoms with van der Waals surface area (Å²) in [6.45, 7) is 6.26. The largest absolute Gasteiger partial charge is 0.340 e. The van der Waals surface area contributed by atoms with E-state index in [1.165, 1.54) is 19.3 Å². The lowest BCUT2D eigenvalue weighted by molar-refractivity contribution is -0.138. The molecule has 18 heavy (non-hydrogen) atoms. The molecule has 2 N–H and O–H groups in total. The van der Waals surface area contributed by atoms with Crippen molar-refractivity contribution < 1.29 is 4.79 Å². The van der Waals surface area contributed by atoms with Crippen molar-refractivity contribution in [2.45, 2.75) is 43.9 Å². The fourth-order valence-electron chi connectivity index (χ4n) is 4.12. The van der Waals surface area contributed by atoms with E-state index >= 15 is 0 Å². The maximum Gasteiger partial charge on any atom is 0.227 e. The van der Waals surface area contributed by atoms with E-state index < -0.39 is 0 Å². The van der Waals surface area contributed by atoms with Gasteiger partial charge in [-0.3, -0.25) is 4.79 Å². The van der Waals surface area contributed by atoms with Crippen LogP contribution in [0.4, 0.5) is 0 Å². The van der Waals surface area contributed by atoms with Crippen molar-refractivity contribution in [3.8, 4) is 0 Å². The van der Waals surface area contributed by atoms with Gasteiger partial charge in [-0.1, -0.05) is 0 Å². The van der Waals surface area contributed by atoms with Crippen LogP contribution >= 0.6 is 11.8 Å². The van der Waals surface area contributed by atoms with Crippen LogP contribution in [0.15, 0.2) is 0 Å². The predicted octanol–water partition coefficient (Wildman–Crippen LogP) is 1.71. The van der Waals surface area contributed by atoms with Gasteiger partial charge < -0.3 is 10.6 Å². The van der Waals surface area contributed by atoms with Gasteiger partial charge in [-0.05, 0) is 44.9 Å². The number of carbonyl (C=O) groups excluding carboxylic acids is 1. The van der Waals surface area contributed by atoms with Crippen LogP contribution in [-0.4, -0.2) is 40.4 Å². The van der Waals surface area contributed by atoms with Gasteiger partial charge in [-0.25, -0.2) is 0 Å². The first-order valence-electron chi connectivity index (χ1n) is 7.16. The molecule has 1 amide bonds. The van der Waals surface area contributed by atoms with Gasteiger partial charge in [-0.2, -0.15) is 11.8 Å². The zero-order valence-electron chi connectivity index (χ0n) is 11.4. The van der Waals surface area contributed by atoms with E-state index in [4.69, 9.17) is 5.73 Å². The molecule has 4 heteroatoms. The van der Waals surface area contributed by atoms with E-state index in [2.05, 4.69) is 18.7 Å². The van der Waals surface area contributed by atoms with Crippen molar-refractivity contribution in [3.63, 3.8) is 0 Å². The minimum absolute atomic E-state index is 0.127. The minimum atomic E-state index is 0.127. The monoisotopic (exact) mass is 268 g/mol. The van der Waals surface area contributed by atoms with Crippen LogP contribution in [0.25, 0.3) is 0 Å². The lowest BCUT2D eigenvalue weighted by Crippen LogP contribution is -2.52. The number of amides is 1. The zero-order chi connectivity index (χ0) is 12.9. The van der Waals surface area contributed by atoms with Crippen LogP contribution in [0.1, 0.15) is 33.1 Å². The second-order valence-electron chi connectivity index (χ2n) is 6.80. The van der Waals surface area contributed by atoms with Gasteiger partial charge in [0.1, 0.15) is 0 Å². The van der Waals surface area contributed by atoms with Crippen molar-refractivity contribution in [1.29, 1.82) is 0 Å². The molecule has 4 atom stereocenters. The molecule has 0 spiro atoms. The summed E-state index contributed by atoms with van der Waals surface area (Å²) in [5.41, 5.74) is 6.29. The van der Waals surface area contributed by atoms with Gasteiger partial charge >= 0.3 is 0 Å². The number of hydrogen-bond acceptors (Lipinski definition) is 3. The highest BCUT2D eigenvalue weighted by Gasteiger charge is 2.50. The molecule has 2 aliphatic carbocycles. The van der Waals surface area contributed by atoms with Crippen LogP contribution < -0.4 is 5.73 Å². The molecule has 1 heterocycles. The van der Waals surface area contributed by atoms with E-state index in [0.29, 0.717) is 17.7 Å². The third-order valence-electron chi connectivity index (χ3n) is 5.00. The Kier molecular flexibility index (Phi) is 3.14. The lowest BCUT2D eigenvalue weighted by Gasteiger charge is -2.40. The summed E-state index contributed by atoms with van der Waals surface area (Å²) in [5, 5.41) is 0. The number of nitrogens with two attached hydrogens (primary N) is 1. The van der Waals surface area contributed by atoms with E-state index in [9.17, 15) is 4.79 Å². The summed E-state index contributed by atoms with van der Waals surface area (Å²) < 4.78 is 0.204. The SMILES string of the molecule is CC1(C)CN(C(=O)C2C3CCC(C3)C2N)CCS1. The van der Waals surface area contributed by atoms with Gasteiger partial charge in [0.2, 0.25) is 5.91 Å². The summed E-state index contributed by atoms with van der Waals surface area (Å²) in [6, 6.07) is 0.133. The van der Waals surface area contributed by atoms with Gasteiger partial charge in [0.15, 0.2) is 0 Å². The molecule has 0 aromatic carbocycles. The Bertz CT molecular complexity index is 356. The third kappa shape index (κ3) is 2.07. The van der Waals surface area contributed by atoms with Crippen LogP contribution in [0.2, 0.25) is 0 Å². The number of fused-ring (bicyclic) bond motifs is 2. The molecule has 3 fully saturated rings. The molecule has 1 aliphatic heterocycles. The van der Waals surface area contributed by atoms with Crippen molar-refractivity contribution in [1.82, 2.24) is 4.90 Å². The molecule has 0 radical (unpaired) electrons. The van der Waals surface area contributed by atoms with Crippen LogP contribution in [0, 0.1) is 17.8 Å².